The molecule has 1 N–H and O–H groups in total. The minimum Gasteiger partial charge on any atom is -0.458 e. The second-order valence-corrected chi connectivity index (χ2v) is 7.90. The monoisotopic (exact) mass is 376 g/mol. The third-order valence-electron chi connectivity index (χ3n) is 5.83. The van der Waals surface area contributed by atoms with Crippen molar-refractivity contribution in [1.82, 2.24) is 0 Å². The summed E-state index contributed by atoms with van der Waals surface area (Å²) in [5, 5.41) is 9.43. The van der Waals surface area contributed by atoms with Crippen LogP contribution in [0.25, 0.3) is 0 Å². The Balaban J connectivity index is 1.63. The molecule has 3 heterocycles. The molecule has 0 unspecified atom stereocenters. The van der Waals surface area contributed by atoms with E-state index < -0.39 is 36.4 Å². The minimum atomic E-state index is -1.10. The molecule has 0 aromatic carbocycles. The maximum atomic E-state index is 12.6. The molecule has 3 aliphatic heterocycles. The number of carbonyl (C=O) groups excluding carboxylic acids is 2. The molecule has 0 amide bonds. The van der Waals surface area contributed by atoms with E-state index in [2.05, 4.69) is 12.7 Å². The van der Waals surface area contributed by atoms with Gasteiger partial charge in [0.15, 0.2) is 6.29 Å². The molecule has 2 fully saturated rings. The van der Waals surface area contributed by atoms with E-state index in [-0.39, 0.29) is 23.9 Å². The highest BCUT2D eigenvalue weighted by Crippen LogP contribution is 2.50. The number of carbonyl (C=O) groups is 2. The van der Waals surface area contributed by atoms with Crippen LogP contribution in [0.2, 0.25) is 0 Å². The topological polar surface area (TPSA) is 94.6 Å². The van der Waals surface area contributed by atoms with E-state index in [0.29, 0.717) is 12.0 Å². The van der Waals surface area contributed by atoms with E-state index in [1.165, 1.54) is 6.08 Å². The van der Waals surface area contributed by atoms with Gasteiger partial charge in [-0.3, -0.25) is 0 Å². The Labute approximate surface area is 157 Å². The fourth-order valence-corrected chi connectivity index (χ4v) is 4.20. The van der Waals surface area contributed by atoms with Gasteiger partial charge in [-0.1, -0.05) is 18.2 Å². The molecule has 0 aromatic rings. The van der Waals surface area contributed by atoms with Crippen LogP contribution in [0.5, 0.6) is 0 Å². The van der Waals surface area contributed by atoms with Crippen LogP contribution in [0.15, 0.2) is 35.5 Å². The van der Waals surface area contributed by atoms with Gasteiger partial charge in [-0.2, -0.15) is 0 Å². The summed E-state index contributed by atoms with van der Waals surface area (Å²) in [5.41, 5.74) is 1.29. The van der Waals surface area contributed by atoms with E-state index in [1.54, 1.807) is 0 Å². The predicted octanol–water partition coefficient (Wildman–Crippen LogP) is 1.56. The summed E-state index contributed by atoms with van der Waals surface area (Å²) in [6.07, 6.45) is 3.16. The fraction of sp³-hybridized carbons (Fsp3) is 0.600. The summed E-state index contributed by atoms with van der Waals surface area (Å²) in [6.45, 7) is 7.88. The highest BCUT2D eigenvalue weighted by Gasteiger charge is 2.63. The molecule has 0 spiro atoms. The fourth-order valence-electron chi connectivity index (χ4n) is 4.20. The number of hydrogen-bond donors (Lipinski definition) is 1. The summed E-state index contributed by atoms with van der Waals surface area (Å²) >= 11 is 0. The van der Waals surface area contributed by atoms with Crippen LogP contribution in [0.4, 0.5) is 0 Å². The van der Waals surface area contributed by atoms with Crippen LogP contribution < -0.4 is 0 Å². The molecule has 4 rings (SSSR count). The van der Waals surface area contributed by atoms with Crippen molar-refractivity contribution in [2.75, 3.05) is 6.61 Å². The molecule has 4 aliphatic rings. The zero-order valence-corrected chi connectivity index (χ0v) is 15.5. The average Bonchev–Trinajstić information content (AvgIpc) is 2.92. The Bertz CT molecular complexity index is 751. The number of fused-ring (bicyclic) bond motifs is 3. The first-order valence-electron chi connectivity index (χ1n) is 9.23. The van der Waals surface area contributed by atoms with Crippen LogP contribution in [0.3, 0.4) is 0 Å². The van der Waals surface area contributed by atoms with Crippen molar-refractivity contribution >= 4 is 11.9 Å². The first-order valence-corrected chi connectivity index (χ1v) is 9.23. The zero-order chi connectivity index (χ0) is 19.3. The summed E-state index contributed by atoms with van der Waals surface area (Å²) < 4.78 is 22.2. The van der Waals surface area contributed by atoms with Crippen molar-refractivity contribution in [1.29, 1.82) is 0 Å². The van der Waals surface area contributed by atoms with Gasteiger partial charge in [-0.05, 0) is 32.8 Å². The van der Waals surface area contributed by atoms with Crippen LogP contribution in [-0.4, -0.2) is 53.9 Å². The second-order valence-electron chi connectivity index (χ2n) is 7.90. The molecule has 0 aromatic heterocycles. The number of aliphatic hydroxyl groups excluding tert-OH is 1. The van der Waals surface area contributed by atoms with E-state index in [0.717, 1.165) is 18.4 Å². The van der Waals surface area contributed by atoms with Crippen LogP contribution in [-0.2, 0) is 28.5 Å². The van der Waals surface area contributed by atoms with Crippen LogP contribution >= 0.6 is 0 Å². The number of ether oxygens (including phenoxy) is 4. The third-order valence-corrected chi connectivity index (χ3v) is 5.83. The van der Waals surface area contributed by atoms with Gasteiger partial charge in [0.25, 0.3) is 0 Å². The van der Waals surface area contributed by atoms with Gasteiger partial charge in [-0.25, -0.2) is 9.59 Å². The summed E-state index contributed by atoms with van der Waals surface area (Å²) in [6, 6.07) is 0. The van der Waals surface area contributed by atoms with Gasteiger partial charge < -0.3 is 24.1 Å². The minimum absolute atomic E-state index is 0.00415. The van der Waals surface area contributed by atoms with Crippen molar-refractivity contribution in [2.24, 2.45) is 5.92 Å². The molecule has 27 heavy (non-hydrogen) atoms. The lowest BCUT2D eigenvalue weighted by Crippen LogP contribution is -2.38. The molecule has 1 aliphatic carbocycles. The third kappa shape index (κ3) is 3.35. The molecule has 7 nitrogen and oxygen atoms in total. The van der Waals surface area contributed by atoms with Crippen molar-refractivity contribution in [2.45, 2.75) is 63.3 Å². The summed E-state index contributed by atoms with van der Waals surface area (Å²) in [4.78, 5) is 24.8. The standard InChI is InChI=1S/C20H24O7/c1-10-5-4-6-20(3)17(27-20)16-15(11(2)18(22)26-16)13(7-10)25-19(23)12-8-14(21)24-9-12/h5,8,13-17,21H,2,4,6-7,9H2,1,3H3/b10-5-/t13-,14+,15-,16+,17-,20-/m1/s1. The van der Waals surface area contributed by atoms with Crippen molar-refractivity contribution in [3.05, 3.63) is 35.5 Å². The van der Waals surface area contributed by atoms with Gasteiger partial charge >= 0.3 is 11.9 Å². The van der Waals surface area contributed by atoms with Gasteiger partial charge in [0.05, 0.1) is 23.7 Å². The molecular formula is C20H24O7. The molecule has 2 saturated heterocycles. The number of aliphatic hydroxyl groups is 1. The Morgan fingerprint density at radius 3 is 2.93 bits per heavy atom. The highest BCUT2D eigenvalue weighted by molar-refractivity contribution is 5.92. The van der Waals surface area contributed by atoms with Crippen LogP contribution in [0, 0.1) is 5.92 Å². The maximum Gasteiger partial charge on any atom is 0.336 e. The Morgan fingerprint density at radius 2 is 2.22 bits per heavy atom. The van der Waals surface area contributed by atoms with Crippen molar-refractivity contribution in [3.63, 3.8) is 0 Å². The van der Waals surface area contributed by atoms with Gasteiger partial charge in [-0.15, -0.1) is 0 Å². The van der Waals surface area contributed by atoms with Gasteiger partial charge in [0.2, 0.25) is 0 Å². The van der Waals surface area contributed by atoms with Crippen molar-refractivity contribution < 1.29 is 33.6 Å². The average molecular weight is 376 g/mol. The van der Waals surface area contributed by atoms with E-state index in [4.69, 9.17) is 18.9 Å². The second kappa shape index (κ2) is 6.58. The predicted molar refractivity (Wildman–Crippen MR) is 93.3 cm³/mol. The van der Waals surface area contributed by atoms with E-state index >= 15 is 0 Å². The molecule has 6 atom stereocenters. The molecule has 0 saturated carbocycles. The lowest BCUT2D eigenvalue weighted by molar-refractivity contribution is -0.148. The summed E-state index contributed by atoms with van der Waals surface area (Å²) in [5.74, 6) is -1.50. The lowest BCUT2D eigenvalue weighted by Gasteiger charge is -2.28. The summed E-state index contributed by atoms with van der Waals surface area (Å²) in [7, 11) is 0. The largest absolute Gasteiger partial charge is 0.458 e. The normalized spacial score (nSPS) is 43.0. The maximum absolute atomic E-state index is 12.6. The van der Waals surface area contributed by atoms with Crippen molar-refractivity contribution in [3.8, 4) is 0 Å². The Hall–Kier alpha value is -1.96. The smallest absolute Gasteiger partial charge is 0.336 e. The van der Waals surface area contributed by atoms with Gasteiger partial charge in [0, 0.05) is 12.0 Å². The first-order chi connectivity index (χ1) is 12.8. The lowest BCUT2D eigenvalue weighted by atomic mass is 9.82. The first kappa shape index (κ1) is 18.4. The molecule has 7 heteroatoms. The van der Waals surface area contributed by atoms with Gasteiger partial charge in [0.1, 0.15) is 18.3 Å². The SMILES string of the molecule is C=C1C(=O)O[C@H]2[C@H]1[C@H](OC(=O)C1=C[C@@H](O)OC1)C/C(C)=C\CC[C@@]1(C)O[C@H]21. The molecule has 0 radical (unpaired) electrons. The number of rotatable bonds is 2. The molecule has 146 valence electrons. The number of esters is 2. The quantitative estimate of drug-likeness (QED) is 0.338. The van der Waals surface area contributed by atoms with E-state index in [1.807, 2.05) is 13.8 Å². The molecule has 0 bridgehead atoms. The highest BCUT2D eigenvalue weighted by atomic mass is 16.7. The number of epoxide rings is 1. The van der Waals surface area contributed by atoms with Crippen LogP contribution in [0.1, 0.15) is 33.1 Å². The zero-order valence-electron chi connectivity index (χ0n) is 15.5. The molecular weight excluding hydrogens is 352 g/mol. The van der Waals surface area contributed by atoms with E-state index in [9.17, 15) is 14.7 Å². The number of allylic oxidation sites excluding steroid dienone is 1. The Kier molecular flexibility index (Phi) is 4.49. The Morgan fingerprint density at radius 1 is 1.44 bits per heavy atom. The number of hydrogen-bond acceptors (Lipinski definition) is 7.